The van der Waals surface area contributed by atoms with E-state index in [-0.39, 0.29) is 18.0 Å². The lowest BCUT2D eigenvalue weighted by Gasteiger charge is -2.19. The summed E-state index contributed by atoms with van der Waals surface area (Å²) in [7, 11) is 0. The predicted octanol–water partition coefficient (Wildman–Crippen LogP) is 1.25. The lowest BCUT2D eigenvalue weighted by atomic mass is 10.2. The van der Waals surface area contributed by atoms with Crippen molar-refractivity contribution in [2.75, 3.05) is 13.1 Å². The fraction of sp³-hybridized carbons (Fsp3) is 0.471. The Bertz CT molecular complexity index is 710. The molecule has 1 aromatic carbocycles. The molecule has 6 nitrogen and oxygen atoms in total. The van der Waals surface area contributed by atoms with Crippen molar-refractivity contribution in [2.24, 2.45) is 0 Å². The molecule has 2 aromatic rings. The number of amides is 3. The minimum absolute atomic E-state index is 0.00688. The summed E-state index contributed by atoms with van der Waals surface area (Å²) >= 11 is 1.70. The Morgan fingerprint density at radius 1 is 1.38 bits per heavy atom. The molecule has 0 radical (unpaired) electrons. The molecular formula is C17H23N4O2S+. The van der Waals surface area contributed by atoms with Gasteiger partial charge in [0, 0.05) is 18.9 Å². The average Bonchev–Trinajstić information content (AvgIpc) is 3.11. The largest absolute Gasteiger partial charge is 0.336 e. The van der Waals surface area contributed by atoms with Gasteiger partial charge in [-0.2, -0.15) is 0 Å². The van der Waals surface area contributed by atoms with E-state index in [1.165, 1.54) is 9.60 Å². The van der Waals surface area contributed by atoms with Gasteiger partial charge in [0.15, 0.2) is 11.6 Å². The number of thiazole rings is 1. The maximum atomic E-state index is 12.1. The number of carbonyl (C=O) groups is 2. The molecule has 7 heteroatoms. The van der Waals surface area contributed by atoms with Gasteiger partial charge in [0.2, 0.25) is 0 Å². The molecule has 0 spiro atoms. The van der Waals surface area contributed by atoms with Crippen LogP contribution in [0.5, 0.6) is 0 Å². The number of imide groups is 1. The number of urea groups is 1. The number of rotatable bonds is 4. The minimum atomic E-state index is -0.426. The second-order valence-electron chi connectivity index (χ2n) is 6.48. The molecule has 1 aromatic heterocycles. The molecule has 0 aliphatic carbocycles. The van der Waals surface area contributed by atoms with Gasteiger partial charge in [0.05, 0.1) is 16.8 Å². The number of hydrogen-bond donors (Lipinski definition) is 3. The third-order valence-electron chi connectivity index (χ3n) is 4.15. The molecule has 2 atom stereocenters. The highest BCUT2D eigenvalue weighted by atomic mass is 32.1. The second kappa shape index (κ2) is 7.27. The summed E-state index contributed by atoms with van der Waals surface area (Å²) in [4.78, 5) is 29.7. The Morgan fingerprint density at radius 2 is 2.17 bits per heavy atom. The van der Waals surface area contributed by atoms with Crippen LogP contribution in [0.4, 0.5) is 4.79 Å². The fourth-order valence-corrected chi connectivity index (χ4v) is 4.30. The molecular weight excluding hydrogens is 324 g/mol. The smallest absolute Gasteiger partial charge is 0.321 e. The molecule has 1 aliphatic rings. The molecule has 1 unspecified atom stereocenters. The Balaban J connectivity index is 1.65. The lowest BCUT2D eigenvalue weighted by Crippen LogP contribution is -3.11. The van der Waals surface area contributed by atoms with E-state index in [1.54, 1.807) is 11.3 Å². The normalized spacial score (nSPS) is 20.5. The molecule has 3 N–H and O–H groups in total. The summed E-state index contributed by atoms with van der Waals surface area (Å²) < 4.78 is 1.18. The maximum Gasteiger partial charge on any atom is 0.321 e. The number of para-hydroxylation sites is 1. The SMILES string of the molecule is CC(C)NC(=O)NC(=O)C[NH+]1CCC[C@H]1c1nc2ccccc2s1. The van der Waals surface area contributed by atoms with Gasteiger partial charge in [0.25, 0.3) is 5.91 Å². The van der Waals surface area contributed by atoms with Gasteiger partial charge in [-0.25, -0.2) is 9.78 Å². The minimum Gasteiger partial charge on any atom is -0.336 e. The van der Waals surface area contributed by atoms with Crippen LogP contribution in [0.25, 0.3) is 10.2 Å². The third-order valence-corrected chi connectivity index (χ3v) is 5.30. The average molecular weight is 347 g/mol. The van der Waals surface area contributed by atoms with E-state index in [9.17, 15) is 9.59 Å². The zero-order chi connectivity index (χ0) is 17.1. The number of carbonyl (C=O) groups excluding carboxylic acids is 2. The number of likely N-dealkylation sites (tertiary alicyclic amines) is 1. The van der Waals surface area contributed by atoms with E-state index in [0.29, 0.717) is 6.54 Å². The summed E-state index contributed by atoms with van der Waals surface area (Å²) in [5, 5.41) is 6.16. The zero-order valence-corrected chi connectivity index (χ0v) is 14.8. The number of nitrogens with zero attached hydrogens (tertiary/aromatic N) is 1. The van der Waals surface area contributed by atoms with Gasteiger partial charge in [-0.15, -0.1) is 11.3 Å². The van der Waals surface area contributed by atoms with Crippen LogP contribution in [0, 0.1) is 0 Å². The number of nitrogens with one attached hydrogen (secondary N) is 3. The highest BCUT2D eigenvalue weighted by Gasteiger charge is 2.34. The summed E-state index contributed by atoms with van der Waals surface area (Å²) in [5.41, 5.74) is 1.02. The first kappa shape index (κ1) is 16.9. The topological polar surface area (TPSA) is 75.5 Å². The second-order valence-corrected chi connectivity index (χ2v) is 7.54. The van der Waals surface area contributed by atoms with E-state index < -0.39 is 6.03 Å². The van der Waals surface area contributed by atoms with Crippen molar-refractivity contribution in [3.05, 3.63) is 29.3 Å². The first-order valence-electron chi connectivity index (χ1n) is 8.33. The lowest BCUT2D eigenvalue weighted by molar-refractivity contribution is -0.910. The maximum absolute atomic E-state index is 12.1. The first-order chi connectivity index (χ1) is 11.5. The Hall–Kier alpha value is -1.99. The number of hydrogen-bond acceptors (Lipinski definition) is 4. The third kappa shape index (κ3) is 3.91. The van der Waals surface area contributed by atoms with Crippen LogP contribution in [0.2, 0.25) is 0 Å². The van der Waals surface area contributed by atoms with Crippen molar-refractivity contribution in [3.63, 3.8) is 0 Å². The Labute approximate surface area is 145 Å². The van der Waals surface area contributed by atoms with Gasteiger partial charge in [-0.05, 0) is 26.0 Å². The molecule has 0 bridgehead atoms. The van der Waals surface area contributed by atoms with E-state index in [1.807, 2.05) is 32.0 Å². The highest BCUT2D eigenvalue weighted by Crippen LogP contribution is 2.28. The van der Waals surface area contributed by atoms with Crippen LogP contribution in [0.15, 0.2) is 24.3 Å². The Kier molecular flexibility index (Phi) is 5.11. The fourth-order valence-electron chi connectivity index (χ4n) is 3.14. The van der Waals surface area contributed by atoms with Crippen molar-refractivity contribution >= 4 is 33.5 Å². The van der Waals surface area contributed by atoms with Crippen molar-refractivity contribution in [3.8, 4) is 0 Å². The monoisotopic (exact) mass is 347 g/mol. The number of quaternary nitrogens is 1. The van der Waals surface area contributed by atoms with Crippen molar-refractivity contribution < 1.29 is 14.5 Å². The summed E-state index contributed by atoms with van der Waals surface area (Å²) in [6.07, 6.45) is 2.10. The molecule has 1 saturated heterocycles. The van der Waals surface area contributed by atoms with Crippen LogP contribution < -0.4 is 15.5 Å². The van der Waals surface area contributed by atoms with E-state index in [4.69, 9.17) is 4.98 Å². The van der Waals surface area contributed by atoms with Crippen LogP contribution in [0.1, 0.15) is 37.7 Å². The highest BCUT2D eigenvalue weighted by molar-refractivity contribution is 7.18. The Morgan fingerprint density at radius 3 is 2.92 bits per heavy atom. The zero-order valence-electron chi connectivity index (χ0n) is 14.0. The van der Waals surface area contributed by atoms with Gasteiger partial charge in [-0.3, -0.25) is 10.1 Å². The molecule has 128 valence electrons. The summed E-state index contributed by atoms with van der Waals surface area (Å²) in [6, 6.07) is 7.93. The van der Waals surface area contributed by atoms with Gasteiger partial charge in [0.1, 0.15) is 6.04 Å². The quantitative estimate of drug-likeness (QED) is 0.779. The predicted molar refractivity (Wildman–Crippen MR) is 94.1 cm³/mol. The molecule has 0 saturated carbocycles. The van der Waals surface area contributed by atoms with Crippen LogP contribution in [0.3, 0.4) is 0 Å². The van der Waals surface area contributed by atoms with E-state index in [0.717, 1.165) is 29.9 Å². The molecule has 3 amide bonds. The summed E-state index contributed by atoms with van der Waals surface area (Å²) in [5.74, 6) is -0.240. The standard InChI is InChI=1S/C17H22N4O2S/c1-11(2)18-17(23)20-15(22)10-21-9-5-7-13(21)16-19-12-6-3-4-8-14(12)24-16/h3-4,6,8,11,13H,5,7,9-10H2,1-2H3,(H2,18,20,22,23)/p+1/t13-/m0/s1. The molecule has 24 heavy (non-hydrogen) atoms. The number of aromatic nitrogens is 1. The van der Waals surface area contributed by atoms with Crippen LogP contribution in [-0.2, 0) is 4.79 Å². The van der Waals surface area contributed by atoms with Crippen molar-refractivity contribution in [1.29, 1.82) is 0 Å². The van der Waals surface area contributed by atoms with E-state index in [2.05, 4.69) is 16.7 Å². The van der Waals surface area contributed by atoms with Gasteiger partial charge < -0.3 is 10.2 Å². The van der Waals surface area contributed by atoms with Crippen LogP contribution in [-0.4, -0.2) is 36.1 Å². The molecule has 2 heterocycles. The number of fused-ring (bicyclic) bond motifs is 1. The number of benzene rings is 1. The van der Waals surface area contributed by atoms with Gasteiger partial charge >= 0.3 is 6.03 Å². The molecule has 3 rings (SSSR count). The molecule has 1 fully saturated rings. The van der Waals surface area contributed by atoms with E-state index >= 15 is 0 Å². The van der Waals surface area contributed by atoms with Gasteiger partial charge in [-0.1, -0.05) is 12.1 Å². The van der Waals surface area contributed by atoms with Crippen molar-refractivity contribution in [2.45, 2.75) is 38.8 Å². The summed E-state index contributed by atoms with van der Waals surface area (Å²) in [6.45, 7) is 4.95. The van der Waals surface area contributed by atoms with Crippen molar-refractivity contribution in [1.82, 2.24) is 15.6 Å². The molecule has 1 aliphatic heterocycles. The first-order valence-corrected chi connectivity index (χ1v) is 9.15. The van der Waals surface area contributed by atoms with Crippen LogP contribution >= 0.6 is 11.3 Å².